The van der Waals surface area contributed by atoms with Gasteiger partial charge in [-0.25, -0.2) is 0 Å². The Kier molecular flexibility index (Phi) is 9.86. The van der Waals surface area contributed by atoms with Crippen molar-refractivity contribution in [2.24, 2.45) is 0 Å². The predicted molar refractivity (Wildman–Crippen MR) is 146 cm³/mol. The van der Waals surface area contributed by atoms with Gasteiger partial charge in [0, 0.05) is 0 Å². The third-order valence-electron chi connectivity index (χ3n) is 7.31. The monoisotopic (exact) mass is 534 g/mol. The molecule has 7 heteroatoms. The van der Waals surface area contributed by atoms with Crippen molar-refractivity contribution in [1.82, 2.24) is 0 Å². The summed E-state index contributed by atoms with van der Waals surface area (Å²) in [5, 5.41) is 21.0. The Hall–Kier alpha value is -2.94. The Labute approximate surface area is 230 Å². The average Bonchev–Trinajstić information content (AvgIpc) is 2.99. The van der Waals surface area contributed by atoms with E-state index in [2.05, 4.69) is 0 Å². The Balaban J connectivity index is 1.32. The average molecular weight is 535 g/mol. The van der Waals surface area contributed by atoms with E-state index in [1.807, 2.05) is 84.9 Å². The van der Waals surface area contributed by atoms with E-state index in [0.717, 1.165) is 29.7 Å². The van der Waals surface area contributed by atoms with Crippen molar-refractivity contribution < 1.29 is 33.9 Å². The molecule has 39 heavy (non-hydrogen) atoms. The molecule has 2 N–H and O–H groups in total. The summed E-state index contributed by atoms with van der Waals surface area (Å²) < 4.78 is 30.8. The molecule has 0 bridgehead atoms. The molecule has 1 aliphatic heterocycles. The van der Waals surface area contributed by atoms with Crippen LogP contribution in [0.25, 0.3) is 0 Å². The summed E-state index contributed by atoms with van der Waals surface area (Å²) in [6.07, 6.45) is 1.73. The Morgan fingerprint density at radius 1 is 0.641 bits per heavy atom. The minimum Gasteiger partial charge on any atom is -0.490 e. The molecule has 0 spiro atoms. The molecule has 208 valence electrons. The highest BCUT2D eigenvalue weighted by atomic mass is 16.7. The number of rotatable bonds is 11. The number of benzene rings is 3. The first kappa shape index (κ1) is 27.6. The Morgan fingerprint density at radius 3 is 1.74 bits per heavy atom. The lowest BCUT2D eigenvalue weighted by Gasteiger charge is -2.44. The molecule has 1 saturated heterocycles. The van der Waals surface area contributed by atoms with Gasteiger partial charge >= 0.3 is 0 Å². The Morgan fingerprint density at radius 2 is 1.18 bits per heavy atom. The summed E-state index contributed by atoms with van der Waals surface area (Å²) in [7, 11) is 0. The van der Waals surface area contributed by atoms with Crippen molar-refractivity contribution in [3.05, 3.63) is 96.1 Å². The van der Waals surface area contributed by atoms with Crippen molar-refractivity contribution in [2.75, 3.05) is 6.61 Å². The summed E-state index contributed by atoms with van der Waals surface area (Å²) in [6.45, 7) is 0.254. The smallest absolute Gasteiger partial charge is 0.195 e. The van der Waals surface area contributed by atoms with Crippen LogP contribution < -0.4 is 9.47 Å². The van der Waals surface area contributed by atoms with Crippen LogP contribution in [-0.2, 0) is 27.4 Å². The zero-order chi connectivity index (χ0) is 26.9. The normalized spacial score (nSPS) is 25.7. The highest BCUT2D eigenvalue weighted by Gasteiger charge is 2.48. The minimum absolute atomic E-state index is 0.257. The zero-order valence-corrected chi connectivity index (χ0v) is 22.1. The first-order valence-electron chi connectivity index (χ1n) is 13.9. The summed E-state index contributed by atoms with van der Waals surface area (Å²) in [5.41, 5.74) is 1.96. The lowest BCUT2D eigenvalue weighted by molar-refractivity contribution is -0.299. The van der Waals surface area contributed by atoms with Crippen LogP contribution in [0.4, 0.5) is 0 Å². The highest BCUT2D eigenvalue weighted by Crippen LogP contribution is 2.31. The molecular formula is C32H38O7. The van der Waals surface area contributed by atoms with Crippen molar-refractivity contribution in [2.45, 2.75) is 82.1 Å². The van der Waals surface area contributed by atoms with Gasteiger partial charge in [-0.1, -0.05) is 67.1 Å². The first-order chi connectivity index (χ1) is 19.2. The fraction of sp³-hybridized carbons (Fsp3) is 0.438. The third kappa shape index (κ3) is 7.59. The SMILES string of the molecule is OC[C@H]1OC(O)[C@H](Oc2ccc(OC3CCCCC3)cc2)[C@@H](OCc2ccccc2)[C@@H]1OCc1ccccc1. The Bertz CT molecular complexity index is 1100. The lowest BCUT2D eigenvalue weighted by atomic mass is 9.98. The van der Waals surface area contributed by atoms with Crippen LogP contribution in [0.15, 0.2) is 84.9 Å². The van der Waals surface area contributed by atoms with Crippen LogP contribution >= 0.6 is 0 Å². The molecule has 1 unspecified atom stereocenters. The maximum atomic E-state index is 11.0. The standard InChI is InChI=1S/C32H38O7/c33-20-28-29(35-21-23-10-4-1-5-11-23)30(36-22-24-12-6-2-7-13-24)31(32(34)39-28)38-27-18-16-26(17-19-27)37-25-14-8-3-9-15-25/h1-2,4-7,10-13,16-19,25,28-34H,3,8-9,14-15,20-22H2/t28-,29-,30+,31-,32?/m1/s1. The molecule has 0 radical (unpaired) electrons. The van der Waals surface area contributed by atoms with E-state index >= 15 is 0 Å². The molecule has 3 aromatic carbocycles. The molecule has 0 aromatic heterocycles. The van der Waals surface area contributed by atoms with Crippen molar-refractivity contribution in [3.8, 4) is 11.5 Å². The van der Waals surface area contributed by atoms with Crippen molar-refractivity contribution in [1.29, 1.82) is 0 Å². The van der Waals surface area contributed by atoms with Crippen LogP contribution in [0.5, 0.6) is 11.5 Å². The molecule has 3 aromatic rings. The number of hydrogen-bond donors (Lipinski definition) is 2. The largest absolute Gasteiger partial charge is 0.490 e. The summed E-state index contributed by atoms with van der Waals surface area (Å²) >= 11 is 0. The molecule has 1 saturated carbocycles. The van der Waals surface area contributed by atoms with Crippen LogP contribution in [0, 0.1) is 0 Å². The molecule has 2 fully saturated rings. The van der Waals surface area contributed by atoms with Gasteiger partial charge in [-0.05, 0) is 61.1 Å². The van der Waals surface area contributed by atoms with E-state index < -0.39 is 30.7 Å². The van der Waals surface area contributed by atoms with Gasteiger partial charge in [-0.2, -0.15) is 0 Å². The van der Waals surface area contributed by atoms with Crippen LogP contribution in [0.1, 0.15) is 43.2 Å². The fourth-order valence-electron chi connectivity index (χ4n) is 5.22. The molecule has 5 atom stereocenters. The molecule has 7 nitrogen and oxygen atoms in total. The second kappa shape index (κ2) is 13.9. The van der Waals surface area contributed by atoms with E-state index in [0.29, 0.717) is 12.4 Å². The van der Waals surface area contributed by atoms with E-state index in [1.165, 1.54) is 19.3 Å². The molecule has 1 heterocycles. The zero-order valence-electron chi connectivity index (χ0n) is 22.1. The van der Waals surface area contributed by atoms with Gasteiger partial charge in [-0.3, -0.25) is 0 Å². The van der Waals surface area contributed by atoms with E-state index in [1.54, 1.807) is 0 Å². The summed E-state index contributed by atoms with van der Waals surface area (Å²) in [4.78, 5) is 0. The van der Waals surface area contributed by atoms with E-state index in [9.17, 15) is 10.2 Å². The van der Waals surface area contributed by atoms with Crippen LogP contribution in [0.2, 0.25) is 0 Å². The molecular weight excluding hydrogens is 496 g/mol. The molecule has 2 aliphatic rings. The number of hydrogen-bond acceptors (Lipinski definition) is 7. The number of aliphatic hydroxyl groups is 2. The van der Waals surface area contributed by atoms with Gasteiger partial charge in [-0.15, -0.1) is 0 Å². The predicted octanol–water partition coefficient (Wildman–Crippen LogP) is 5.03. The van der Waals surface area contributed by atoms with E-state index in [-0.39, 0.29) is 19.3 Å². The number of ether oxygens (including phenoxy) is 5. The van der Waals surface area contributed by atoms with Crippen molar-refractivity contribution >= 4 is 0 Å². The second-order valence-electron chi connectivity index (χ2n) is 10.2. The van der Waals surface area contributed by atoms with Gasteiger partial charge in [0.05, 0.1) is 25.9 Å². The minimum atomic E-state index is -1.32. The lowest BCUT2D eigenvalue weighted by Crippen LogP contribution is -2.62. The maximum absolute atomic E-state index is 11.0. The molecule has 5 rings (SSSR count). The first-order valence-corrected chi connectivity index (χ1v) is 13.9. The highest BCUT2D eigenvalue weighted by molar-refractivity contribution is 5.32. The second-order valence-corrected chi connectivity index (χ2v) is 10.2. The van der Waals surface area contributed by atoms with Gasteiger partial charge in [0.1, 0.15) is 29.8 Å². The van der Waals surface area contributed by atoms with Crippen LogP contribution in [0.3, 0.4) is 0 Å². The van der Waals surface area contributed by atoms with E-state index in [4.69, 9.17) is 23.7 Å². The molecule has 0 amide bonds. The van der Waals surface area contributed by atoms with Crippen LogP contribution in [-0.4, -0.2) is 53.6 Å². The summed E-state index contributed by atoms with van der Waals surface area (Å²) in [5.74, 6) is 1.35. The van der Waals surface area contributed by atoms with Gasteiger partial charge < -0.3 is 33.9 Å². The van der Waals surface area contributed by atoms with Gasteiger partial charge in [0.25, 0.3) is 0 Å². The third-order valence-corrected chi connectivity index (χ3v) is 7.31. The maximum Gasteiger partial charge on any atom is 0.195 e. The van der Waals surface area contributed by atoms with Gasteiger partial charge in [0.15, 0.2) is 12.4 Å². The van der Waals surface area contributed by atoms with Crippen molar-refractivity contribution in [3.63, 3.8) is 0 Å². The molecule has 1 aliphatic carbocycles. The van der Waals surface area contributed by atoms with Gasteiger partial charge in [0.2, 0.25) is 0 Å². The topological polar surface area (TPSA) is 86.6 Å². The quantitative estimate of drug-likeness (QED) is 0.357. The number of aliphatic hydroxyl groups excluding tert-OH is 2. The summed E-state index contributed by atoms with van der Waals surface area (Å²) in [6, 6.07) is 27.0. The fourth-order valence-corrected chi connectivity index (χ4v) is 5.22.